The number of rotatable bonds is 3. The highest BCUT2D eigenvalue weighted by atomic mass is 15.4. The first-order valence-corrected chi connectivity index (χ1v) is 4.55. The zero-order valence-electron chi connectivity index (χ0n) is 8.83. The molecule has 0 aliphatic rings. The van der Waals surface area contributed by atoms with Gasteiger partial charge in [-0.05, 0) is 13.8 Å². The number of nitrogens with two attached hydrogens (primary N) is 1. The smallest absolute Gasteiger partial charge is 0.131 e. The van der Waals surface area contributed by atoms with Crippen molar-refractivity contribution in [2.45, 2.75) is 20.4 Å². The predicted molar refractivity (Wildman–Crippen MR) is 54.8 cm³/mol. The second-order valence-electron chi connectivity index (χ2n) is 3.23. The van der Waals surface area contributed by atoms with Crippen molar-refractivity contribution in [1.82, 2.24) is 9.78 Å². The molecule has 0 saturated carbocycles. The second-order valence-corrected chi connectivity index (χ2v) is 3.23. The minimum Gasteiger partial charge on any atom is -0.360 e. The van der Waals surface area contributed by atoms with Crippen molar-refractivity contribution in [3.8, 4) is 0 Å². The van der Waals surface area contributed by atoms with Crippen molar-refractivity contribution in [3.05, 3.63) is 11.3 Å². The van der Waals surface area contributed by atoms with Crippen LogP contribution in [0, 0.1) is 6.92 Å². The van der Waals surface area contributed by atoms with Gasteiger partial charge in [-0.3, -0.25) is 4.68 Å². The number of hydrogen-bond acceptors (Lipinski definition) is 3. The van der Waals surface area contributed by atoms with Crippen LogP contribution in [0.3, 0.4) is 0 Å². The van der Waals surface area contributed by atoms with Crippen LogP contribution in [-0.4, -0.2) is 23.4 Å². The third-order valence-corrected chi connectivity index (χ3v) is 2.35. The van der Waals surface area contributed by atoms with E-state index in [1.807, 2.05) is 18.7 Å². The third-order valence-electron chi connectivity index (χ3n) is 2.35. The molecule has 0 radical (unpaired) electrons. The molecule has 13 heavy (non-hydrogen) atoms. The van der Waals surface area contributed by atoms with Gasteiger partial charge in [0.15, 0.2) is 0 Å². The molecule has 1 aromatic rings. The van der Waals surface area contributed by atoms with Gasteiger partial charge in [0.2, 0.25) is 0 Å². The fourth-order valence-electron chi connectivity index (χ4n) is 1.56. The average Bonchev–Trinajstić information content (AvgIpc) is 2.39. The maximum absolute atomic E-state index is 5.68. The van der Waals surface area contributed by atoms with Crippen LogP contribution in [0.4, 0.5) is 5.82 Å². The molecule has 2 N–H and O–H groups in total. The molecule has 0 aromatic carbocycles. The Balaban J connectivity index is 3.16. The Hall–Kier alpha value is -1.03. The van der Waals surface area contributed by atoms with Crippen LogP contribution in [0.5, 0.6) is 0 Å². The van der Waals surface area contributed by atoms with E-state index >= 15 is 0 Å². The molecule has 0 aliphatic carbocycles. The monoisotopic (exact) mass is 182 g/mol. The van der Waals surface area contributed by atoms with Gasteiger partial charge in [0.05, 0.1) is 5.69 Å². The fraction of sp³-hybridized carbons (Fsp3) is 0.667. The van der Waals surface area contributed by atoms with Crippen LogP contribution in [-0.2, 0) is 13.6 Å². The van der Waals surface area contributed by atoms with E-state index in [1.165, 1.54) is 0 Å². The van der Waals surface area contributed by atoms with Crippen LogP contribution in [0.15, 0.2) is 0 Å². The highest BCUT2D eigenvalue weighted by Crippen LogP contribution is 2.20. The lowest BCUT2D eigenvalue weighted by atomic mass is 10.2. The largest absolute Gasteiger partial charge is 0.360 e. The lowest BCUT2D eigenvalue weighted by Crippen LogP contribution is -2.21. The molecule has 74 valence electrons. The number of aryl methyl sites for hydroxylation is 2. The summed E-state index contributed by atoms with van der Waals surface area (Å²) in [5, 5.41) is 4.35. The van der Waals surface area contributed by atoms with Crippen LogP contribution in [0.2, 0.25) is 0 Å². The van der Waals surface area contributed by atoms with Gasteiger partial charge in [0.25, 0.3) is 0 Å². The van der Waals surface area contributed by atoms with Gasteiger partial charge in [-0.2, -0.15) is 5.10 Å². The summed E-state index contributed by atoms with van der Waals surface area (Å²) >= 11 is 0. The zero-order valence-corrected chi connectivity index (χ0v) is 8.83. The molecule has 1 aromatic heterocycles. The van der Waals surface area contributed by atoms with E-state index in [0.29, 0.717) is 6.54 Å². The first-order valence-electron chi connectivity index (χ1n) is 4.55. The molecule has 0 spiro atoms. The van der Waals surface area contributed by atoms with Crippen molar-refractivity contribution < 1.29 is 0 Å². The highest BCUT2D eigenvalue weighted by molar-refractivity contribution is 5.49. The average molecular weight is 182 g/mol. The van der Waals surface area contributed by atoms with Crippen molar-refractivity contribution in [2.24, 2.45) is 12.8 Å². The summed E-state index contributed by atoms with van der Waals surface area (Å²) in [6, 6.07) is 0. The predicted octanol–water partition coefficient (Wildman–Crippen LogP) is 0.643. The SMILES string of the molecule is CCN(C)c1c(CN)c(C)nn1C. The molecule has 0 aliphatic heterocycles. The van der Waals surface area contributed by atoms with Gasteiger partial charge in [0, 0.05) is 32.7 Å². The molecule has 0 fully saturated rings. The Morgan fingerprint density at radius 3 is 2.62 bits per heavy atom. The number of anilines is 1. The first-order chi connectivity index (χ1) is 6.11. The lowest BCUT2D eigenvalue weighted by molar-refractivity contribution is 0.732. The molecule has 0 bridgehead atoms. The van der Waals surface area contributed by atoms with E-state index in [0.717, 1.165) is 23.6 Å². The Bertz CT molecular complexity index is 290. The quantitative estimate of drug-likeness (QED) is 0.746. The second kappa shape index (κ2) is 3.79. The standard InChI is InChI=1S/C9H18N4/c1-5-12(3)9-8(6-10)7(2)11-13(9)4/h5-6,10H2,1-4H3. The minimum atomic E-state index is 0.555. The Kier molecular flexibility index (Phi) is 2.93. The number of hydrogen-bond donors (Lipinski definition) is 1. The molecule has 0 saturated heterocycles. The van der Waals surface area contributed by atoms with Crippen LogP contribution in [0.1, 0.15) is 18.2 Å². The lowest BCUT2D eigenvalue weighted by Gasteiger charge is -2.18. The minimum absolute atomic E-state index is 0.555. The van der Waals surface area contributed by atoms with Gasteiger partial charge in [-0.1, -0.05) is 0 Å². The summed E-state index contributed by atoms with van der Waals surface area (Å²) in [5.74, 6) is 1.13. The van der Waals surface area contributed by atoms with Gasteiger partial charge < -0.3 is 10.6 Å². The molecular weight excluding hydrogens is 164 g/mol. The van der Waals surface area contributed by atoms with Gasteiger partial charge in [-0.25, -0.2) is 0 Å². The van der Waals surface area contributed by atoms with E-state index in [2.05, 4.69) is 24.0 Å². The summed E-state index contributed by atoms with van der Waals surface area (Å²) in [6.07, 6.45) is 0. The maximum Gasteiger partial charge on any atom is 0.131 e. The third kappa shape index (κ3) is 1.67. The molecule has 1 heterocycles. The molecular formula is C9H18N4. The normalized spacial score (nSPS) is 10.5. The van der Waals surface area contributed by atoms with Gasteiger partial charge >= 0.3 is 0 Å². The van der Waals surface area contributed by atoms with E-state index in [4.69, 9.17) is 5.73 Å². The highest BCUT2D eigenvalue weighted by Gasteiger charge is 2.13. The number of aromatic nitrogens is 2. The summed E-state index contributed by atoms with van der Waals surface area (Å²) < 4.78 is 1.89. The van der Waals surface area contributed by atoms with Crippen molar-refractivity contribution in [1.29, 1.82) is 0 Å². The first kappa shape index (κ1) is 10.1. The summed E-state index contributed by atoms with van der Waals surface area (Å²) in [5.41, 5.74) is 7.85. The van der Waals surface area contributed by atoms with E-state index < -0.39 is 0 Å². The van der Waals surface area contributed by atoms with Crippen molar-refractivity contribution in [2.75, 3.05) is 18.5 Å². The van der Waals surface area contributed by atoms with Crippen molar-refractivity contribution >= 4 is 5.82 Å². The summed E-state index contributed by atoms with van der Waals surface area (Å²) in [4.78, 5) is 2.15. The molecule has 0 atom stereocenters. The van der Waals surface area contributed by atoms with E-state index in [9.17, 15) is 0 Å². The summed E-state index contributed by atoms with van der Waals surface area (Å²) in [6.45, 7) is 5.63. The Morgan fingerprint density at radius 2 is 2.15 bits per heavy atom. The Labute approximate surface area is 79.3 Å². The molecule has 4 nitrogen and oxygen atoms in total. The van der Waals surface area contributed by atoms with Crippen LogP contribution < -0.4 is 10.6 Å². The van der Waals surface area contributed by atoms with Crippen molar-refractivity contribution in [3.63, 3.8) is 0 Å². The Morgan fingerprint density at radius 1 is 1.54 bits per heavy atom. The molecule has 4 heteroatoms. The molecule has 0 amide bonds. The van der Waals surface area contributed by atoms with Gasteiger partial charge in [-0.15, -0.1) is 0 Å². The fourth-order valence-corrected chi connectivity index (χ4v) is 1.56. The number of nitrogens with zero attached hydrogens (tertiary/aromatic N) is 3. The van der Waals surface area contributed by atoms with Crippen LogP contribution in [0.25, 0.3) is 0 Å². The van der Waals surface area contributed by atoms with E-state index in [-0.39, 0.29) is 0 Å². The topological polar surface area (TPSA) is 47.1 Å². The van der Waals surface area contributed by atoms with E-state index in [1.54, 1.807) is 0 Å². The summed E-state index contributed by atoms with van der Waals surface area (Å²) in [7, 11) is 4.00. The van der Waals surface area contributed by atoms with Crippen LogP contribution >= 0.6 is 0 Å². The molecule has 0 unspecified atom stereocenters. The van der Waals surface area contributed by atoms with Gasteiger partial charge in [0.1, 0.15) is 5.82 Å². The zero-order chi connectivity index (χ0) is 10.0. The maximum atomic E-state index is 5.68. The molecule has 1 rings (SSSR count).